The Morgan fingerprint density at radius 2 is 1.70 bits per heavy atom. The molecule has 0 aliphatic heterocycles. The van der Waals surface area contributed by atoms with Crippen molar-refractivity contribution in [3.63, 3.8) is 0 Å². The largest absolute Gasteiger partial charge is 0.506 e. The van der Waals surface area contributed by atoms with Crippen LogP contribution < -0.4 is 20.1 Å². The van der Waals surface area contributed by atoms with Crippen LogP contribution >= 0.6 is 0 Å². The zero-order chi connectivity index (χ0) is 29.4. The molecule has 1 amide bonds. The normalized spacial score (nSPS) is 19.0. The summed E-state index contributed by atoms with van der Waals surface area (Å²) >= 11 is 0. The first-order valence-corrected chi connectivity index (χ1v) is 15.2. The number of phenolic OH excluding ortho intramolecular Hbond substituents is 1. The van der Waals surface area contributed by atoms with E-state index in [1.165, 1.54) is 18.2 Å². The highest BCUT2D eigenvalue weighted by Gasteiger charge is 2.25. The van der Waals surface area contributed by atoms with Crippen LogP contribution in [0.25, 0.3) is 0 Å². The maximum atomic E-state index is 12.5. The minimum atomic E-state index is -3.56. The van der Waals surface area contributed by atoms with E-state index in [-0.39, 0.29) is 30.0 Å². The molecule has 2 atom stereocenters. The smallest absolute Gasteiger partial charge is 0.326 e. The summed E-state index contributed by atoms with van der Waals surface area (Å²) in [4.78, 5) is 23.8. The number of rotatable bonds is 13. The van der Waals surface area contributed by atoms with Crippen molar-refractivity contribution in [1.82, 2.24) is 10.6 Å². The van der Waals surface area contributed by atoms with Gasteiger partial charge in [0.25, 0.3) is 5.91 Å². The number of hydrogen-bond donors (Lipinski definition) is 6. The number of carboxylic acid groups (broad SMARTS) is 1. The van der Waals surface area contributed by atoms with Crippen molar-refractivity contribution >= 4 is 27.6 Å². The number of sulfonamides is 1. The zero-order valence-corrected chi connectivity index (χ0v) is 23.8. The molecule has 11 nitrogen and oxygen atoms in total. The summed E-state index contributed by atoms with van der Waals surface area (Å²) in [6, 6.07) is 10.8. The third-order valence-corrected chi connectivity index (χ3v) is 7.53. The molecule has 0 aromatic heterocycles. The third kappa shape index (κ3) is 9.39. The van der Waals surface area contributed by atoms with E-state index in [9.17, 15) is 33.3 Å². The number of carboxylic acids is 1. The molecule has 0 radical (unpaired) electrons. The Kier molecular flexibility index (Phi) is 10.8. The summed E-state index contributed by atoms with van der Waals surface area (Å²) in [6.45, 7) is 3.82. The fraction of sp³-hybridized carbons (Fsp3) is 0.500. The maximum absolute atomic E-state index is 12.5. The van der Waals surface area contributed by atoms with Gasteiger partial charge in [0.15, 0.2) is 0 Å². The number of anilines is 1. The number of carbonyl (C=O) groups excluding carboxylic acids is 1. The number of aromatic hydroxyl groups is 1. The van der Waals surface area contributed by atoms with Crippen molar-refractivity contribution in [3.05, 3.63) is 53.6 Å². The van der Waals surface area contributed by atoms with Gasteiger partial charge >= 0.3 is 5.97 Å². The summed E-state index contributed by atoms with van der Waals surface area (Å²) in [5, 5.41) is 35.4. The van der Waals surface area contributed by atoms with Gasteiger partial charge in [-0.25, -0.2) is 13.2 Å². The van der Waals surface area contributed by atoms with Crippen LogP contribution in [-0.2, 0) is 14.8 Å². The van der Waals surface area contributed by atoms with E-state index in [2.05, 4.69) is 15.4 Å². The Labute approximate surface area is 235 Å². The molecule has 0 unspecified atom stereocenters. The summed E-state index contributed by atoms with van der Waals surface area (Å²) in [6.07, 6.45) is 3.95. The summed E-state index contributed by atoms with van der Waals surface area (Å²) in [7, 11) is -3.56. The predicted octanol–water partition coefficient (Wildman–Crippen LogP) is 2.66. The van der Waals surface area contributed by atoms with Crippen molar-refractivity contribution in [2.75, 3.05) is 24.1 Å². The molecule has 0 bridgehead atoms. The highest BCUT2D eigenvalue weighted by atomic mass is 32.2. The number of amides is 1. The quantitative estimate of drug-likeness (QED) is 0.196. The second kappa shape index (κ2) is 13.8. The molecule has 2 aromatic carbocycles. The molecule has 1 saturated carbocycles. The molecule has 1 aliphatic rings. The Bertz CT molecular complexity index is 1260. The molecule has 12 heteroatoms. The highest BCUT2D eigenvalue weighted by Crippen LogP contribution is 2.33. The van der Waals surface area contributed by atoms with E-state index in [1.54, 1.807) is 26.0 Å². The van der Waals surface area contributed by atoms with E-state index in [0.717, 1.165) is 37.5 Å². The van der Waals surface area contributed by atoms with Gasteiger partial charge in [0.1, 0.15) is 30.3 Å². The average molecular weight is 578 g/mol. The van der Waals surface area contributed by atoms with Gasteiger partial charge in [-0.15, -0.1) is 0 Å². The highest BCUT2D eigenvalue weighted by molar-refractivity contribution is 7.92. The summed E-state index contributed by atoms with van der Waals surface area (Å²) in [5.41, 5.74) is 1.57. The van der Waals surface area contributed by atoms with E-state index in [1.807, 2.05) is 12.1 Å². The molecule has 1 fully saturated rings. The summed E-state index contributed by atoms with van der Waals surface area (Å²) < 4.78 is 30.6. The van der Waals surface area contributed by atoms with Gasteiger partial charge in [-0.05, 0) is 67.3 Å². The first-order chi connectivity index (χ1) is 18.8. The Balaban J connectivity index is 1.41. The van der Waals surface area contributed by atoms with Crippen molar-refractivity contribution in [2.24, 2.45) is 5.92 Å². The topological polar surface area (TPSA) is 174 Å². The second-order valence-corrected chi connectivity index (χ2v) is 12.4. The number of aliphatic carboxylic acids is 1. The number of ether oxygens (including phenoxy) is 1. The second-order valence-electron chi connectivity index (χ2n) is 10.6. The number of phenols is 1. The van der Waals surface area contributed by atoms with E-state index in [0.29, 0.717) is 23.8 Å². The van der Waals surface area contributed by atoms with Crippen LogP contribution in [0.3, 0.4) is 0 Å². The van der Waals surface area contributed by atoms with Crippen LogP contribution in [0.15, 0.2) is 42.5 Å². The third-order valence-electron chi connectivity index (χ3n) is 6.94. The van der Waals surface area contributed by atoms with Crippen LogP contribution in [0.5, 0.6) is 11.5 Å². The number of nitrogens with one attached hydrogen (secondary N) is 3. The fourth-order valence-corrected chi connectivity index (χ4v) is 5.28. The van der Waals surface area contributed by atoms with E-state index in [4.69, 9.17) is 4.74 Å². The molecule has 40 heavy (non-hydrogen) atoms. The number of hydrogen-bond acceptors (Lipinski definition) is 8. The molecule has 0 saturated heterocycles. The number of benzene rings is 2. The molecule has 0 heterocycles. The number of aliphatic hydroxyl groups is 1. The molecule has 3 rings (SSSR count). The van der Waals surface area contributed by atoms with Gasteiger partial charge in [-0.2, -0.15) is 0 Å². The lowest BCUT2D eigenvalue weighted by Gasteiger charge is -2.30. The van der Waals surface area contributed by atoms with Crippen molar-refractivity contribution < 1.29 is 38.1 Å². The number of carbonyl (C=O) groups is 2. The van der Waals surface area contributed by atoms with E-state index >= 15 is 0 Å². The first kappa shape index (κ1) is 31.2. The lowest BCUT2D eigenvalue weighted by molar-refractivity contribution is -0.140. The van der Waals surface area contributed by atoms with Gasteiger partial charge in [0, 0.05) is 24.2 Å². The average Bonchev–Trinajstić information content (AvgIpc) is 2.90. The lowest BCUT2D eigenvalue weighted by Crippen LogP contribution is -2.44. The van der Waals surface area contributed by atoms with Crippen LogP contribution in [0.1, 0.15) is 61.4 Å². The van der Waals surface area contributed by atoms with Crippen molar-refractivity contribution in [2.45, 2.75) is 63.6 Å². The Hall–Kier alpha value is -3.35. The lowest BCUT2D eigenvalue weighted by atomic mass is 9.81. The maximum Gasteiger partial charge on any atom is 0.326 e. The van der Waals surface area contributed by atoms with Crippen LogP contribution in [0, 0.1) is 5.92 Å². The monoisotopic (exact) mass is 577 g/mol. The molecule has 220 valence electrons. The van der Waals surface area contributed by atoms with Crippen LogP contribution in [-0.4, -0.2) is 73.2 Å². The standard InChI is InChI=1S/C28H39N3O8S/c1-17(2)26(28(35)36)30-27(34)20-6-4-18(5-7-20)19-8-10-21(11-9-19)29-15-22(32)16-39-23-12-13-25(33)24(14-23)31-40(3,37)38/h4-7,12-14,17,19,21-22,26,29,31-33H,8-11,15-16H2,1-3H3,(H,30,34)(H,35,36)/t19?,21?,22-,26-/m0/s1. The molecular weight excluding hydrogens is 538 g/mol. The minimum absolute atomic E-state index is 0.000215. The van der Waals surface area contributed by atoms with Gasteiger partial charge in [0.05, 0.1) is 11.9 Å². The molecule has 2 aromatic rings. The predicted molar refractivity (Wildman–Crippen MR) is 151 cm³/mol. The van der Waals surface area contributed by atoms with Crippen LogP contribution in [0.2, 0.25) is 0 Å². The van der Waals surface area contributed by atoms with E-state index < -0.39 is 34.0 Å². The summed E-state index contributed by atoms with van der Waals surface area (Å²) in [5.74, 6) is -1.24. The number of aliphatic hydroxyl groups excluding tert-OH is 1. The SMILES string of the molecule is CC(C)[C@H](NC(=O)c1ccc(C2CCC(NC[C@H](O)COc3ccc(O)c(NS(C)(=O)=O)c3)CC2)cc1)C(=O)O. The van der Waals surface area contributed by atoms with Crippen LogP contribution in [0.4, 0.5) is 5.69 Å². The molecule has 1 aliphatic carbocycles. The van der Waals surface area contributed by atoms with Gasteiger partial charge < -0.3 is 30.7 Å². The van der Waals surface area contributed by atoms with Crippen molar-refractivity contribution in [3.8, 4) is 11.5 Å². The molecule has 0 spiro atoms. The fourth-order valence-electron chi connectivity index (χ4n) is 4.72. The Morgan fingerprint density at radius 3 is 2.27 bits per heavy atom. The first-order valence-electron chi connectivity index (χ1n) is 13.3. The van der Waals surface area contributed by atoms with Gasteiger partial charge in [-0.1, -0.05) is 26.0 Å². The molecule has 6 N–H and O–H groups in total. The zero-order valence-electron chi connectivity index (χ0n) is 23.0. The Morgan fingerprint density at radius 1 is 1.05 bits per heavy atom. The van der Waals surface area contributed by atoms with Gasteiger partial charge in [0.2, 0.25) is 10.0 Å². The molecular formula is C28H39N3O8S. The minimum Gasteiger partial charge on any atom is -0.506 e. The van der Waals surface area contributed by atoms with Crippen molar-refractivity contribution in [1.29, 1.82) is 0 Å². The van der Waals surface area contributed by atoms with Gasteiger partial charge in [-0.3, -0.25) is 9.52 Å².